The van der Waals surface area contributed by atoms with Gasteiger partial charge in [-0.1, -0.05) is 30.6 Å². The summed E-state index contributed by atoms with van der Waals surface area (Å²) in [4.78, 5) is 4.07. The van der Waals surface area contributed by atoms with Crippen molar-refractivity contribution in [2.24, 2.45) is 0 Å². The van der Waals surface area contributed by atoms with Crippen LogP contribution in [0.4, 0.5) is 5.82 Å². The van der Waals surface area contributed by atoms with Crippen LogP contribution in [0.3, 0.4) is 0 Å². The Kier molecular flexibility index (Phi) is 5.11. The third kappa shape index (κ3) is 3.93. The molecule has 5 heteroatoms. The zero-order valence-electron chi connectivity index (χ0n) is 13.7. The van der Waals surface area contributed by atoms with E-state index in [1.54, 1.807) is 6.20 Å². The summed E-state index contributed by atoms with van der Waals surface area (Å²) in [7, 11) is 0. The average molecular weight is 323 g/mol. The van der Waals surface area contributed by atoms with Gasteiger partial charge in [-0.3, -0.25) is 0 Å². The number of nitrogen functional groups attached to an aromatic ring is 1. The van der Waals surface area contributed by atoms with Gasteiger partial charge in [0.2, 0.25) is 0 Å². The van der Waals surface area contributed by atoms with Crippen LogP contribution in [-0.4, -0.2) is 16.7 Å². The zero-order valence-corrected chi connectivity index (χ0v) is 13.7. The van der Waals surface area contributed by atoms with E-state index in [-0.39, 0.29) is 0 Å². The van der Waals surface area contributed by atoms with E-state index in [9.17, 15) is 0 Å². The van der Waals surface area contributed by atoms with Crippen molar-refractivity contribution >= 4 is 5.82 Å². The van der Waals surface area contributed by atoms with Crippen molar-refractivity contribution in [3.05, 3.63) is 59.9 Å². The standard InChI is InChI=1S/C19H21N3O2/c1-2-3-10-23-16-7-4-6-14(12-16)11-15-13-18(24-22-15)17-8-5-9-21-19(17)20/h4-9,12-13H,2-3,10-11H2,1H3,(H2,20,21). The van der Waals surface area contributed by atoms with Crippen LogP contribution >= 0.6 is 0 Å². The van der Waals surface area contributed by atoms with E-state index in [1.165, 1.54) is 0 Å². The smallest absolute Gasteiger partial charge is 0.170 e. The minimum Gasteiger partial charge on any atom is -0.494 e. The SMILES string of the molecule is CCCCOc1cccc(Cc2cc(-c3cccnc3N)on2)c1. The Labute approximate surface area is 141 Å². The molecule has 124 valence electrons. The Hall–Kier alpha value is -2.82. The Morgan fingerprint density at radius 3 is 2.92 bits per heavy atom. The first-order valence-electron chi connectivity index (χ1n) is 8.14. The molecule has 0 saturated heterocycles. The Bertz CT molecular complexity index is 799. The van der Waals surface area contributed by atoms with Crippen LogP contribution in [0.25, 0.3) is 11.3 Å². The summed E-state index contributed by atoms with van der Waals surface area (Å²) in [5.41, 5.74) is 8.61. The number of benzene rings is 1. The van der Waals surface area contributed by atoms with Gasteiger partial charge in [-0.25, -0.2) is 4.98 Å². The Morgan fingerprint density at radius 2 is 2.08 bits per heavy atom. The van der Waals surface area contributed by atoms with Gasteiger partial charge in [0.25, 0.3) is 0 Å². The molecular formula is C19H21N3O2. The second-order valence-electron chi connectivity index (χ2n) is 5.64. The van der Waals surface area contributed by atoms with Crippen molar-refractivity contribution in [3.8, 4) is 17.1 Å². The highest BCUT2D eigenvalue weighted by atomic mass is 16.5. The second-order valence-corrected chi connectivity index (χ2v) is 5.64. The number of rotatable bonds is 7. The summed E-state index contributed by atoms with van der Waals surface area (Å²) in [6.07, 6.45) is 4.51. The lowest BCUT2D eigenvalue weighted by atomic mass is 10.1. The molecule has 2 aromatic heterocycles. The van der Waals surface area contributed by atoms with Crippen molar-refractivity contribution in [2.75, 3.05) is 12.3 Å². The fourth-order valence-electron chi connectivity index (χ4n) is 2.44. The number of aromatic nitrogens is 2. The molecule has 0 bridgehead atoms. The second kappa shape index (κ2) is 7.64. The topological polar surface area (TPSA) is 74.2 Å². The number of unbranched alkanes of at least 4 members (excludes halogenated alkanes) is 1. The maximum absolute atomic E-state index is 5.88. The van der Waals surface area contributed by atoms with E-state index >= 15 is 0 Å². The van der Waals surface area contributed by atoms with Gasteiger partial charge in [-0.15, -0.1) is 0 Å². The molecular weight excluding hydrogens is 302 g/mol. The summed E-state index contributed by atoms with van der Waals surface area (Å²) in [6, 6.07) is 13.7. The molecule has 2 N–H and O–H groups in total. The molecule has 0 aliphatic carbocycles. The van der Waals surface area contributed by atoms with Crippen molar-refractivity contribution in [3.63, 3.8) is 0 Å². The third-order valence-corrected chi connectivity index (χ3v) is 3.71. The number of nitrogens with zero attached hydrogens (tertiary/aromatic N) is 2. The van der Waals surface area contributed by atoms with Gasteiger partial charge in [0.1, 0.15) is 11.6 Å². The van der Waals surface area contributed by atoms with Crippen LogP contribution in [0.2, 0.25) is 0 Å². The maximum atomic E-state index is 5.88. The quantitative estimate of drug-likeness (QED) is 0.663. The average Bonchev–Trinajstić information content (AvgIpc) is 3.04. The van der Waals surface area contributed by atoms with Crippen molar-refractivity contribution < 1.29 is 9.26 Å². The highest BCUT2D eigenvalue weighted by Crippen LogP contribution is 2.25. The first-order chi connectivity index (χ1) is 11.8. The van der Waals surface area contributed by atoms with Gasteiger partial charge >= 0.3 is 0 Å². The molecule has 0 aliphatic rings. The molecule has 0 atom stereocenters. The van der Waals surface area contributed by atoms with Gasteiger partial charge in [0.15, 0.2) is 5.76 Å². The Morgan fingerprint density at radius 1 is 1.17 bits per heavy atom. The molecule has 1 aromatic carbocycles. The first kappa shape index (κ1) is 16.1. The van der Waals surface area contributed by atoms with Crippen molar-refractivity contribution in [1.29, 1.82) is 0 Å². The lowest BCUT2D eigenvalue weighted by molar-refractivity contribution is 0.309. The lowest BCUT2D eigenvalue weighted by Crippen LogP contribution is -1.97. The number of ether oxygens (including phenoxy) is 1. The molecule has 0 spiro atoms. The van der Waals surface area contributed by atoms with Gasteiger partial charge in [-0.2, -0.15) is 0 Å². The molecule has 3 rings (SSSR count). The van der Waals surface area contributed by atoms with E-state index in [2.05, 4.69) is 23.1 Å². The molecule has 0 unspecified atom stereocenters. The summed E-state index contributed by atoms with van der Waals surface area (Å²) >= 11 is 0. The number of anilines is 1. The summed E-state index contributed by atoms with van der Waals surface area (Å²) < 4.78 is 11.2. The molecule has 0 fully saturated rings. The molecule has 5 nitrogen and oxygen atoms in total. The molecule has 0 aliphatic heterocycles. The van der Waals surface area contributed by atoms with E-state index in [0.717, 1.165) is 42.0 Å². The monoisotopic (exact) mass is 323 g/mol. The summed E-state index contributed by atoms with van der Waals surface area (Å²) in [6.45, 7) is 2.89. The van der Waals surface area contributed by atoms with Crippen LogP contribution in [0.1, 0.15) is 31.0 Å². The fraction of sp³-hybridized carbons (Fsp3) is 0.263. The summed E-state index contributed by atoms with van der Waals surface area (Å²) in [5.74, 6) is 1.96. The molecule has 24 heavy (non-hydrogen) atoms. The number of nitrogens with two attached hydrogens (primary N) is 1. The highest BCUT2D eigenvalue weighted by molar-refractivity contribution is 5.69. The van der Waals surface area contributed by atoms with Crippen LogP contribution in [0, 0.1) is 0 Å². The first-order valence-corrected chi connectivity index (χ1v) is 8.14. The molecule has 0 amide bonds. The minimum atomic E-state index is 0.437. The number of pyridine rings is 1. The van der Waals surface area contributed by atoms with E-state index in [4.69, 9.17) is 15.0 Å². The minimum absolute atomic E-state index is 0.437. The zero-order chi connectivity index (χ0) is 16.8. The largest absolute Gasteiger partial charge is 0.494 e. The maximum Gasteiger partial charge on any atom is 0.170 e. The van der Waals surface area contributed by atoms with Crippen molar-refractivity contribution in [2.45, 2.75) is 26.2 Å². The van der Waals surface area contributed by atoms with E-state index in [0.29, 0.717) is 18.0 Å². The third-order valence-electron chi connectivity index (χ3n) is 3.71. The van der Waals surface area contributed by atoms with Crippen LogP contribution < -0.4 is 10.5 Å². The van der Waals surface area contributed by atoms with Crippen molar-refractivity contribution in [1.82, 2.24) is 10.1 Å². The van der Waals surface area contributed by atoms with E-state index in [1.807, 2.05) is 36.4 Å². The number of hydrogen-bond donors (Lipinski definition) is 1. The lowest BCUT2D eigenvalue weighted by Gasteiger charge is -2.06. The molecule has 3 aromatic rings. The van der Waals surface area contributed by atoms with Gasteiger partial charge < -0.3 is 15.0 Å². The number of hydrogen-bond acceptors (Lipinski definition) is 5. The molecule has 2 heterocycles. The van der Waals surface area contributed by atoms with Gasteiger partial charge in [-0.05, 0) is 36.2 Å². The highest BCUT2D eigenvalue weighted by Gasteiger charge is 2.11. The fourth-order valence-corrected chi connectivity index (χ4v) is 2.44. The summed E-state index contributed by atoms with van der Waals surface area (Å²) in [5, 5.41) is 4.13. The van der Waals surface area contributed by atoms with Crippen LogP contribution in [-0.2, 0) is 6.42 Å². The normalized spacial score (nSPS) is 10.7. The predicted molar refractivity (Wildman–Crippen MR) is 93.8 cm³/mol. The van der Waals surface area contributed by atoms with Gasteiger partial charge in [0, 0.05) is 18.7 Å². The van der Waals surface area contributed by atoms with Gasteiger partial charge in [0.05, 0.1) is 17.9 Å². The van der Waals surface area contributed by atoms with E-state index < -0.39 is 0 Å². The molecule has 0 radical (unpaired) electrons. The Balaban J connectivity index is 1.71. The van der Waals surface area contributed by atoms with Crippen LogP contribution in [0.5, 0.6) is 5.75 Å². The van der Waals surface area contributed by atoms with Crippen LogP contribution in [0.15, 0.2) is 53.2 Å². The predicted octanol–water partition coefficient (Wildman–Crippen LogP) is 4.09. The molecule has 0 saturated carbocycles.